The first-order valence-corrected chi connectivity index (χ1v) is 8.84. The Morgan fingerprint density at radius 1 is 1.07 bits per heavy atom. The van der Waals surface area contributed by atoms with Gasteiger partial charge in [-0.1, -0.05) is 29.5 Å². The van der Waals surface area contributed by atoms with E-state index in [-0.39, 0.29) is 0 Å². The van der Waals surface area contributed by atoms with Crippen molar-refractivity contribution in [1.82, 2.24) is 15.0 Å². The minimum absolute atomic E-state index is 0.447. The molecular weight excluding hydrogens is 352 g/mol. The Morgan fingerprint density at radius 2 is 1.89 bits per heavy atom. The molecule has 0 saturated heterocycles. The summed E-state index contributed by atoms with van der Waals surface area (Å²) in [6.45, 7) is 0.574. The van der Waals surface area contributed by atoms with Crippen molar-refractivity contribution in [3.63, 3.8) is 0 Å². The molecule has 0 aliphatic heterocycles. The largest absolute Gasteiger partial charge is 0.398 e. The number of nitrogens with one attached hydrogen (secondary N) is 1. The Kier molecular flexibility index (Phi) is 4.41. The fourth-order valence-corrected chi connectivity index (χ4v) is 3.24. The molecule has 5 N–H and O–H groups in total. The fourth-order valence-electron chi connectivity index (χ4n) is 3.24. The van der Waals surface area contributed by atoms with E-state index in [4.69, 9.17) is 11.5 Å². The summed E-state index contributed by atoms with van der Waals surface area (Å²) >= 11 is 0. The lowest BCUT2D eigenvalue weighted by atomic mass is 9.95. The zero-order valence-corrected chi connectivity index (χ0v) is 15.4. The summed E-state index contributed by atoms with van der Waals surface area (Å²) in [6, 6.07) is 18.9. The second-order valence-electron chi connectivity index (χ2n) is 6.60. The molecule has 3 aromatic carbocycles. The Hall–Kier alpha value is -3.87. The lowest BCUT2D eigenvalue weighted by molar-refractivity contribution is 0.100. The standard InChI is InChI=1S/C21H20N6O/c1-27-20-9-7-14(11-19(20)25-26-27)24-12-13-6-8-16(21(23)28)17(10-13)15-4-2-3-5-18(15)22/h2-11,24H,12,22H2,1H3,(H2,23,28). The number of primary amides is 1. The quantitative estimate of drug-likeness (QED) is 0.466. The molecule has 1 heterocycles. The maximum atomic E-state index is 11.9. The number of carbonyl (C=O) groups excluding carboxylic acids is 1. The molecular formula is C21H20N6O. The Balaban J connectivity index is 1.63. The number of nitrogens with two attached hydrogens (primary N) is 2. The van der Waals surface area contributed by atoms with E-state index in [1.165, 1.54) is 0 Å². The van der Waals surface area contributed by atoms with Gasteiger partial charge in [0.25, 0.3) is 0 Å². The zero-order valence-electron chi connectivity index (χ0n) is 15.4. The number of para-hydroxylation sites is 1. The van der Waals surface area contributed by atoms with Gasteiger partial charge in [-0.2, -0.15) is 0 Å². The van der Waals surface area contributed by atoms with Gasteiger partial charge in [0, 0.05) is 36.1 Å². The van der Waals surface area contributed by atoms with Crippen LogP contribution >= 0.6 is 0 Å². The Labute approximate surface area is 162 Å². The molecule has 0 bridgehead atoms. The van der Waals surface area contributed by atoms with Crippen LogP contribution in [0.2, 0.25) is 0 Å². The van der Waals surface area contributed by atoms with Crippen LogP contribution in [0.15, 0.2) is 60.7 Å². The summed E-state index contributed by atoms with van der Waals surface area (Å²) in [7, 11) is 1.86. The van der Waals surface area contributed by atoms with Gasteiger partial charge in [0.2, 0.25) is 5.91 Å². The van der Waals surface area contributed by atoms with Crippen molar-refractivity contribution in [2.45, 2.75) is 6.54 Å². The summed E-state index contributed by atoms with van der Waals surface area (Å²) in [4.78, 5) is 11.9. The first-order chi connectivity index (χ1) is 13.5. The number of anilines is 2. The normalized spacial score (nSPS) is 10.9. The molecule has 0 unspecified atom stereocenters. The van der Waals surface area contributed by atoms with Gasteiger partial charge in [0.1, 0.15) is 5.52 Å². The molecule has 0 radical (unpaired) electrons. The monoisotopic (exact) mass is 372 g/mol. The highest BCUT2D eigenvalue weighted by atomic mass is 16.1. The molecule has 0 aliphatic rings. The molecule has 140 valence electrons. The van der Waals surface area contributed by atoms with Gasteiger partial charge in [-0.25, -0.2) is 4.68 Å². The van der Waals surface area contributed by atoms with Gasteiger partial charge in [0.05, 0.1) is 5.52 Å². The van der Waals surface area contributed by atoms with E-state index < -0.39 is 5.91 Å². The Bertz CT molecular complexity index is 1180. The van der Waals surface area contributed by atoms with Crippen molar-refractivity contribution < 1.29 is 4.79 Å². The number of carbonyl (C=O) groups is 1. The minimum Gasteiger partial charge on any atom is -0.398 e. The van der Waals surface area contributed by atoms with Gasteiger partial charge in [0.15, 0.2) is 0 Å². The molecule has 0 atom stereocenters. The van der Waals surface area contributed by atoms with Crippen LogP contribution in [-0.4, -0.2) is 20.9 Å². The second kappa shape index (κ2) is 7.03. The number of hydrogen-bond acceptors (Lipinski definition) is 5. The van der Waals surface area contributed by atoms with Crippen LogP contribution in [0, 0.1) is 0 Å². The van der Waals surface area contributed by atoms with Crippen molar-refractivity contribution in [1.29, 1.82) is 0 Å². The van der Waals surface area contributed by atoms with E-state index >= 15 is 0 Å². The van der Waals surface area contributed by atoms with Crippen molar-refractivity contribution in [3.05, 3.63) is 71.8 Å². The summed E-state index contributed by atoms with van der Waals surface area (Å²) in [5.74, 6) is -0.481. The minimum atomic E-state index is -0.481. The maximum Gasteiger partial charge on any atom is 0.249 e. The van der Waals surface area contributed by atoms with Crippen LogP contribution < -0.4 is 16.8 Å². The highest BCUT2D eigenvalue weighted by Crippen LogP contribution is 2.30. The first-order valence-electron chi connectivity index (χ1n) is 8.84. The Morgan fingerprint density at radius 3 is 2.68 bits per heavy atom. The molecule has 7 nitrogen and oxygen atoms in total. The van der Waals surface area contributed by atoms with Gasteiger partial charge < -0.3 is 16.8 Å². The first kappa shape index (κ1) is 17.5. The molecule has 0 fully saturated rings. The fraction of sp³-hybridized carbons (Fsp3) is 0.0952. The molecule has 4 rings (SSSR count). The van der Waals surface area contributed by atoms with Crippen molar-refractivity contribution in [2.75, 3.05) is 11.1 Å². The molecule has 1 amide bonds. The van der Waals surface area contributed by atoms with Crippen LogP contribution in [-0.2, 0) is 13.6 Å². The number of fused-ring (bicyclic) bond motifs is 1. The van der Waals surface area contributed by atoms with Gasteiger partial charge in [-0.05, 0) is 47.5 Å². The number of aromatic nitrogens is 3. The third-order valence-electron chi connectivity index (χ3n) is 4.71. The predicted molar refractivity (Wildman–Crippen MR) is 111 cm³/mol. The predicted octanol–water partition coefficient (Wildman–Crippen LogP) is 2.93. The molecule has 0 saturated carbocycles. The number of amides is 1. The molecule has 4 aromatic rings. The van der Waals surface area contributed by atoms with Crippen LogP contribution in [0.25, 0.3) is 22.2 Å². The highest BCUT2D eigenvalue weighted by Gasteiger charge is 2.13. The van der Waals surface area contributed by atoms with Gasteiger partial charge >= 0.3 is 0 Å². The summed E-state index contributed by atoms with van der Waals surface area (Å²) < 4.78 is 1.73. The molecule has 0 aliphatic carbocycles. The van der Waals surface area contributed by atoms with Gasteiger partial charge in [-0.3, -0.25) is 4.79 Å². The summed E-state index contributed by atoms with van der Waals surface area (Å²) in [6.07, 6.45) is 0. The summed E-state index contributed by atoms with van der Waals surface area (Å²) in [5.41, 5.74) is 18.0. The number of benzene rings is 3. The molecule has 7 heteroatoms. The lowest BCUT2D eigenvalue weighted by Crippen LogP contribution is -2.13. The van der Waals surface area contributed by atoms with Gasteiger partial charge in [-0.15, -0.1) is 5.10 Å². The van der Waals surface area contributed by atoms with E-state index in [1.807, 2.05) is 55.6 Å². The second-order valence-corrected chi connectivity index (χ2v) is 6.60. The molecule has 28 heavy (non-hydrogen) atoms. The van der Waals surface area contributed by atoms with E-state index in [1.54, 1.807) is 16.8 Å². The lowest BCUT2D eigenvalue weighted by Gasteiger charge is -2.13. The van der Waals surface area contributed by atoms with Crippen molar-refractivity contribution in [3.8, 4) is 11.1 Å². The van der Waals surface area contributed by atoms with E-state index in [9.17, 15) is 4.79 Å². The van der Waals surface area contributed by atoms with Crippen LogP contribution in [0.3, 0.4) is 0 Å². The maximum absolute atomic E-state index is 11.9. The van der Waals surface area contributed by atoms with Crippen molar-refractivity contribution in [2.24, 2.45) is 12.8 Å². The average molecular weight is 372 g/mol. The summed E-state index contributed by atoms with van der Waals surface area (Å²) in [5, 5.41) is 11.5. The number of rotatable bonds is 5. The van der Waals surface area contributed by atoms with Crippen LogP contribution in [0.5, 0.6) is 0 Å². The third-order valence-corrected chi connectivity index (χ3v) is 4.71. The van der Waals surface area contributed by atoms with Crippen LogP contribution in [0.1, 0.15) is 15.9 Å². The zero-order chi connectivity index (χ0) is 19.7. The van der Waals surface area contributed by atoms with E-state index in [0.29, 0.717) is 17.8 Å². The van der Waals surface area contributed by atoms with E-state index in [2.05, 4.69) is 15.6 Å². The number of hydrogen-bond donors (Lipinski definition) is 3. The van der Waals surface area contributed by atoms with E-state index in [0.717, 1.165) is 33.4 Å². The highest BCUT2D eigenvalue weighted by molar-refractivity contribution is 6.01. The SMILES string of the molecule is Cn1nnc2cc(NCc3ccc(C(N)=O)c(-c4ccccc4N)c3)ccc21. The average Bonchev–Trinajstić information content (AvgIpc) is 3.07. The number of nitrogens with zero attached hydrogens (tertiary/aromatic N) is 3. The third kappa shape index (κ3) is 3.25. The molecule has 0 spiro atoms. The van der Waals surface area contributed by atoms with Crippen LogP contribution in [0.4, 0.5) is 11.4 Å². The number of aryl methyl sites for hydroxylation is 1. The molecule has 1 aromatic heterocycles. The smallest absolute Gasteiger partial charge is 0.249 e. The topological polar surface area (TPSA) is 112 Å². The van der Waals surface area contributed by atoms with Crippen molar-refractivity contribution >= 4 is 28.3 Å². The number of nitrogen functional groups attached to an aromatic ring is 1.